The van der Waals surface area contributed by atoms with Crippen LogP contribution in [0.3, 0.4) is 0 Å². The molecule has 0 amide bonds. The number of aryl methyl sites for hydroxylation is 1. The minimum absolute atomic E-state index is 0.252. The van der Waals surface area contributed by atoms with Crippen LogP contribution in [-0.2, 0) is 19.6 Å². The highest BCUT2D eigenvalue weighted by atomic mass is 19.1. The second-order valence-electron chi connectivity index (χ2n) is 6.30. The number of nitrogens with one attached hydrogen (secondary N) is 1. The standard InChI is InChI=1S/C23H24FNO2/c1-3-17-6-11-21(12-7-17)25-15-19-8-13-22(23(14-19)26-2)27-16-18-4-9-20(24)10-5-18/h4-14,25H,3,15-16H2,1-2H3. The zero-order valence-corrected chi connectivity index (χ0v) is 15.7. The number of ether oxygens (including phenoxy) is 2. The van der Waals surface area contributed by atoms with Gasteiger partial charge in [0.1, 0.15) is 12.4 Å². The molecule has 3 aromatic rings. The smallest absolute Gasteiger partial charge is 0.161 e. The summed E-state index contributed by atoms with van der Waals surface area (Å²) in [6.45, 7) is 3.20. The van der Waals surface area contributed by atoms with Crippen LogP contribution in [0.4, 0.5) is 10.1 Å². The molecule has 27 heavy (non-hydrogen) atoms. The maximum atomic E-state index is 13.0. The molecule has 0 spiro atoms. The van der Waals surface area contributed by atoms with Crippen LogP contribution in [0.25, 0.3) is 0 Å². The maximum Gasteiger partial charge on any atom is 0.161 e. The van der Waals surface area contributed by atoms with Crippen LogP contribution in [0.1, 0.15) is 23.6 Å². The monoisotopic (exact) mass is 365 g/mol. The van der Waals surface area contributed by atoms with E-state index in [0.29, 0.717) is 24.7 Å². The van der Waals surface area contributed by atoms with Gasteiger partial charge in [-0.3, -0.25) is 0 Å². The lowest BCUT2D eigenvalue weighted by Crippen LogP contribution is -2.02. The Hall–Kier alpha value is -3.01. The van der Waals surface area contributed by atoms with Crippen molar-refractivity contribution in [1.82, 2.24) is 0 Å². The van der Waals surface area contributed by atoms with E-state index in [2.05, 4.69) is 36.5 Å². The molecule has 0 aliphatic rings. The normalized spacial score (nSPS) is 10.5. The van der Waals surface area contributed by atoms with Gasteiger partial charge >= 0.3 is 0 Å². The van der Waals surface area contributed by atoms with Crippen LogP contribution in [0, 0.1) is 5.82 Å². The van der Waals surface area contributed by atoms with Crippen molar-refractivity contribution in [3.05, 3.63) is 89.2 Å². The summed E-state index contributed by atoms with van der Waals surface area (Å²) >= 11 is 0. The highest BCUT2D eigenvalue weighted by molar-refractivity contribution is 5.47. The van der Waals surface area contributed by atoms with Crippen LogP contribution in [0.5, 0.6) is 11.5 Å². The fourth-order valence-electron chi connectivity index (χ4n) is 2.75. The Bertz CT molecular complexity index is 861. The number of hydrogen-bond acceptors (Lipinski definition) is 3. The molecular formula is C23H24FNO2. The number of benzene rings is 3. The van der Waals surface area contributed by atoms with Gasteiger partial charge in [-0.25, -0.2) is 4.39 Å². The Kier molecular flexibility index (Phi) is 6.31. The summed E-state index contributed by atoms with van der Waals surface area (Å²) < 4.78 is 24.3. The molecule has 0 fully saturated rings. The van der Waals surface area contributed by atoms with Crippen LogP contribution in [0.2, 0.25) is 0 Å². The summed E-state index contributed by atoms with van der Waals surface area (Å²) in [5.41, 5.74) is 4.41. The van der Waals surface area contributed by atoms with E-state index in [1.54, 1.807) is 19.2 Å². The third-order valence-corrected chi connectivity index (χ3v) is 4.39. The molecule has 0 unspecified atom stereocenters. The van der Waals surface area contributed by atoms with Gasteiger partial charge in [-0.05, 0) is 59.5 Å². The summed E-state index contributed by atoms with van der Waals surface area (Å²) in [4.78, 5) is 0. The van der Waals surface area contributed by atoms with Crippen molar-refractivity contribution in [2.75, 3.05) is 12.4 Å². The summed E-state index contributed by atoms with van der Waals surface area (Å²) in [7, 11) is 1.63. The van der Waals surface area contributed by atoms with Gasteiger partial charge < -0.3 is 14.8 Å². The van der Waals surface area contributed by atoms with E-state index in [4.69, 9.17) is 9.47 Å². The van der Waals surface area contributed by atoms with Gasteiger partial charge in [0.25, 0.3) is 0 Å². The summed E-state index contributed by atoms with van der Waals surface area (Å²) in [5, 5.41) is 3.41. The van der Waals surface area contributed by atoms with E-state index in [0.717, 1.165) is 23.2 Å². The van der Waals surface area contributed by atoms with E-state index in [1.165, 1.54) is 17.7 Å². The Morgan fingerprint density at radius 1 is 0.815 bits per heavy atom. The number of hydrogen-bond donors (Lipinski definition) is 1. The van der Waals surface area contributed by atoms with Gasteiger partial charge in [0, 0.05) is 12.2 Å². The quantitative estimate of drug-likeness (QED) is 0.565. The van der Waals surface area contributed by atoms with Crippen LogP contribution < -0.4 is 14.8 Å². The first-order valence-corrected chi connectivity index (χ1v) is 9.05. The van der Waals surface area contributed by atoms with Crippen LogP contribution in [-0.4, -0.2) is 7.11 Å². The van der Waals surface area contributed by atoms with Crippen molar-refractivity contribution >= 4 is 5.69 Å². The fourth-order valence-corrected chi connectivity index (χ4v) is 2.75. The van der Waals surface area contributed by atoms with E-state index < -0.39 is 0 Å². The molecule has 0 saturated carbocycles. The number of rotatable bonds is 8. The summed E-state index contributed by atoms with van der Waals surface area (Å²) in [6, 6.07) is 20.6. The first-order chi connectivity index (χ1) is 13.2. The van der Waals surface area contributed by atoms with Crippen LogP contribution >= 0.6 is 0 Å². The molecule has 0 radical (unpaired) electrons. The third kappa shape index (κ3) is 5.23. The van der Waals surface area contributed by atoms with Gasteiger partial charge in [-0.2, -0.15) is 0 Å². The van der Waals surface area contributed by atoms with E-state index >= 15 is 0 Å². The van der Waals surface area contributed by atoms with Crippen molar-refractivity contribution in [1.29, 1.82) is 0 Å². The zero-order chi connectivity index (χ0) is 19.1. The van der Waals surface area contributed by atoms with Crippen molar-refractivity contribution in [3.63, 3.8) is 0 Å². The lowest BCUT2D eigenvalue weighted by atomic mass is 10.1. The van der Waals surface area contributed by atoms with Crippen molar-refractivity contribution in [2.24, 2.45) is 0 Å². The van der Waals surface area contributed by atoms with Gasteiger partial charge in [0.05, 0.1) is 7.11 Å². The number of methoxy groups -OCH3 is 1. The van der Waals surface area contributed by atoms with Crippen molar-refractivity contribution in [2.45, 2.75) is 26.5 Å². The van der Waals surface area contributed by atoms with Gasteiger partial charge in [-0.15, -0.1) is 0 Å². The number of halogens is 1. The molecule has 0 aliphatic carbocycles. The second kappa shape index (κ2) is 9.08. The lowest BCUT2D eigenvalue weighted by Gasteiger charge is -2.13. The van der Waals surface area contributed by atoms with Crippen LogP contribution in [0.15, 0.2) is 66.7 Å². The van der Waals surface area contributed by atoms with Gasteiger partial charge in [-0.1, -0.05) is 37.3 Å². The molecular weight excluding hydrogens is 341 g/mol. The van der Waals surface area contributed by atoms with E-state index in [1.807, 2.05) is 18.2 Å². The summed E-state index contributed by atoms with van der Waals surface area (Å²) in [5.74, 6) is 1.09. The molecule has 140 valence electrons. The SMILES string of the molecule is CCc1ccc(NCc2ccc(OCc3ccc(F)cc3)c(OC)c2)cc1. The molecule has 3 aromatic carbocycles. The third-order valence-electron chi connectivity index (χ3n) is 4.39. The Morgan fingerprint density at radius 3 is 2.15 bits per heavy atom. The molecule has 3 rings (SSSR count). The number of anilines is 1. The predicted octanol–water partition coefficient (Wildman–Crippen LogP) is 5.59. The molecule has 0 bridgehead atoms. The highest BCUT2D eigenvalue weighted by Gasteiger charge is 2.07. The Morgan fingerprint density at radius 2 is 1.48 bits per heavy atom. The predicted molar refractivity (Wildman–Crippen MR) is 107 cm³/mol. The lowest BCUT2D eigenvalue weighted by molar-refractivity contribution is 0.284. The van der Waals surface area contributed by atoms with Crippen molar-refractivity contribution < 1.29 is 13.9 Å². The summed E-state index contributed by atoms with van der Waals surface area (Å²) in [6.07, 6.45) is 1.04. The molecule has 0 heterocycles. The topological polar surface area (TPSA) is 30.5 Å². The average Bonchev–Trinajstić information content (AvgIpc) is 2.72. The Labute approximate surface area is 159 Å². The van der Waals surface area contributed by atoms with E-state index in [9.17, 15) is 4.39 Å². The Balaban J connectivity index is 1.61. The minimum Gasteiger partial charge on any atom is -0.493 e. The average molecular weight is 365 g/mol. The maximum absolute atomic E-state index is 13.0. The molecule has 3 nitrogen and oxygen atoms in total. The molecule has 1 N–H and O–H groups in total. The van der Waals surface area contributed by atoms with Gasteiger partial charge in [0.2, 0.25) is 0 Å². The fraction of sp³-hybridized carbons (Fsp3) is 0.217. The first kappa shape index (κ1) is 18.8. The molecule has 0 atom stereocenters. The highest BCUT2D eigenvalue weighted by Crippen LogP contribution is 2.29. The first-order valence-electron chi connectivity index (χ1n) is 9.05. The van der Waals surface area contributed by atoms with E-state index in [-0.39, 0.29) is 5.82 Å². The minimum atomic E-state index is -0.252. The van der Waals surface area contributed by atoms with Gasteiger partial charge in [0.15, 0.2) is 11.5 Å². The molecule has 0 aromatic heterocycles. The van der Waals surface area contributed by atoms with Crippen molar-refractivity contribution in [3.8, 4) is 11.5 Å². The zero-order valence-electron chi connectivity index (χ0n) is 15.7. The largest absolute Gasteiger partial charge is 0.493 e. The second-order valence-corrected chi connectivity index (χ2v) is 6.30. The molecule has 0 saturated heterocycles. The molecule has 4 heteroatoms. The molecule has 0 aliphatic heterocycles.